The summed E-state index contributed by atoms with van der Waals surface area (Å²) in [4.78, 5) is 23.6. The molecule has 0 saturated carbocycles. The van der Waals surface area contributed by atoms with E-state index in [1.807, 2.05) is 0 Å². The Labute approximate surface area is 109 Å². The van der Waals surface area contributed by atoms with Gasteiger partial charge in [0.2, 0.25) is 5.91 Å². The van der Waals surface area contributed by atoms with Gasteiger partial charge < -0.3 is 15.4 Å². The van der Waals surface area contributed by atoms with Gasteiger partial charge in [-0.2, -0.15) is 0 Å². The number of nitrogens with one attached hydrogen (secondary N) is 2. The van der Waals surface area contributed by atoms with Gasteiger partial charge >= 0.3 is 6.09 Å². The summed E-state index contributed by atoms with van der Waals surface area (Å²) < 4.78 is 5.19. The van der Waals surface area contributed by atoms with E-state index in [4.69, 9.17) is 4.74 Å². The van der Waals surface area contributed by atoms with E-state index < -0.39 is 17.7 Å². The van der Waals surface area contributed by atoms with Crippen LogP contribution in [0.1, 0.15) is 41.0 Å². The zero-order valence-corrected chi connectivity index (χ0v) is 11.9. The Morgan fingerprint density at radius 1 is 1.44 bits per heavy atom. The molecule has 1 fully saturated rings. The summed E-state index contributed by atoms with van der Waals surface area (Å²) in [5, 5.41) is 5.46. The molecular weight excluding hydrogens is 232 g/mol. The number of hydrogen-bond donors (Lipinski definition) is 2. The van der Waals surface area contributed by atoms with Crippen molar-refractivity contribution < 1.29 is 14.3 Å². The van der Waals surface area contributed by atoms with E-state index in [0.29, 0.717) is 12.5 Å². The van der Waals surface area contributed by atoms with Crippen LogP contribution in [0, 0.1) is 11.8 Å². The molecule has 5 heteroatoms. The highest BCUT2D eigenvalue weighted by Gasteiger charge is 2.35. The molecule has 1 rings (SSSR count). The second-order valence-corrected chi connectivity index (χ2v) is 6.11. The lowest BCUT2D eigenvalue weighted by Crippen LogP contribution is -2.56. The second-order valence-electron chi connectivity index (χ2n) is 6.11. The molecule has 2 amide bonds. The van der Waals surface area contributed by atoms with Crippen LogP contribution in [0.15, 0.2) is 0 Å². The number of piperidine rings is 1. The van der Waals surface area contributed by atoms with Gasteiger partial charge in [-0.3, -0.25) is 4.79 Å². The van der Waals surface area contributed by atoms with Crippen LogP contribution in [-0.4, -0.2) is 30.2 Å². The van der Waals surface area contributed by atoms with Crippen LogP contribution in [0.25, 0.3) is 0 Å². The van der Waals surface area contributed by atoms with E-state index in [1.165, 1.54) is 0 Å². The third kappa shape index (κ3) is 4.20. The Hall–Kier alpha value is -1.26. The predicted molar refractivity (Wildman–Crippen MR) is 69.1 cm³/mol. The van der Waals surface area contributed by atoms with E-state index in [0.717, 1.165) is 6.42 Å². The Morgan fingerprint density at radius 3 is 2.56 bits per heavy atom. The van der Waals surface area contributed by atoms with E-state index in [1.54, 1.807) is 20.8 Å². The SMILES string of the molecule is CC(C)[C@@H]1CCNC(=O)[C@H]1NC(=O)OC(C)(C)C. The quantitative estimate of drug-likeness (QED) is 0.789. The molecule has 2 N–H and O–H groups in total. The van der Waals surface area contributed by atoms with Gasteiger partial charge in [0.15, 0.2) is 0 Å². The zero-order valence-electron chi connectivity index (χ0n) is 11.9. The molecule has 0 aliphatic carbocycles. The maximum absolute atomic E-state index is 11.8. The molecule has 1 aliphatic heterocycles. The van der Waals surface area contributed by atoms with E-state index in [2.05, 4.69) is 24.5 Å². The minimum Gasteiger partial charge on any atom is -0.444 e. The van der Waals surface area contributed by atoms with Gasteiger partial charge in [-0.15, -0.1) is 0 Å². The lowest BCUT2D eigenvalue weighted by molar-refractivity contribution is -0.126. The molecule has 104 valence electrons. The molecule has 2 atom stereocenters. The van der Waals surface area contributed by atoms with Gasteiger partial charge in [0.05, 0.1) is 0 Å². The van der Waals surface area contributed by atoms with Crippen molar-refractivity contribution in [3.63, 3.8) is 0 Å². The highest BCUT2D eigenvalue weighted by atomic mass is 16.6. The van der Waals surface area contributed by atoms with Gasteiger partial charge in [0, 0.05) is 6.54 Å². The van der Waals surface area contributed by atoms with Crippen molar-refractivity contribution >= 4 is 12.0 Å². The van der Waals surface area contributed by atoms with E-state index in [-0.39, 0.29) is 11.8 Å². The molecule has 1 saturated heterocycles. The van der Waals surface area contributed by atoms with Crippen molar-refractivity contribution in [1.29, 1.82) is 0 Å². The fourth-order valence-corrected chi connectivity index (χ4v) is 2.16. The Morgan fingerprint density at radius 2 is 2.06 bits per heavy atom. The largest absolute Gasteiger partial charge is 0.444 e. The molecule has 0 aromatic heterocycles. The van der Waals surface area contributed by atoms with Crippen molar-refractivity contribution in [2.75, 3.05) is 6.54 Å². The van der Waals surface area contributed by atoms with Crippen LogP contribution in [0.3, 0.4) is 0 Å². The maximum atomic E-state index is 11.8. The number of alkyl carbamates (subject to hydrolysis) is 1. The average molecular weight is 256 g/mol. The van der Waals surface area contributed by atoms with Crippen LogP contribution in [-0.2, 0) is 9.53 Å². The topological polar surface area (TPSA) is 67.4 Å². The standard InChI is InChI=1S/C13H24N2O3/c1-8(2)9-6-7-14-11(16)10(9)15-12(17)18-13(3,4)5/h8-10H,6-7H2,1-5H3,(H,14,16)(H,15,17)/t9-,10-/m0/s1. The smallest absolute Gasteiger partial charge is 0.408 e. The molecule has 1 aliphatic rings. The first kappa shape index (κ1) is 14.8. The van der Waals surface area contributed by atoms with Crippen LogP contribution >= 0.6 is 0 Å². The number of ether oxygens (including phenoxy) is 1. The Bertz CT molecular complexity index is 321. The summed E-state index contributed by atoms with van der Waals surface area (Å²) in [6, 6.07) is -0.492. The number of amides is 2. The first-order chi connectivity index (χ1) is 8.20. The van der Waals surface area contributed by atoms with Gasteiger partial charge in [0.1, 0.15) is 11.6 Å². The normalized spacial score (nSPS) is 24.7. The van der Waals surface area contributed by atoms with Gasteiger partial charge in [0.25, 0.3) is 0 Å². The fourth-order valence-electron chi connectivity index (χ4n) is 2.16. The molecule has 0 aromatic carbocycles. The molecule has 0 radical (unpaired) electrons. The molecule has 0 spiro atoms. The van der Waals surface area contributed by atoms with Crippen LogP contribution in [0.2, 0.25) is 0 Å². The summed E-state index contributed by atoms with van der Waals surface area (Å²) in [6.45, 7) is 10.2. The predicted octanol–water partition coefficient (Wildman–Crippen LogP) is 1.67. The molecule has 1 heterocycles. The summed E-state index contributed by atoms with van der Waals surface area (Å²) >= 11 is 0. The number of rotatable bonds is 2. The first-order valence-corrected chi connectivity index (χ1v) is 6.48. The minimum atomic E-state index is -0.553. The monoisotopic (exact) mass is 256 g/mol. The van der Waals surface area contributed by atoms with E-state index in [9.17, 15) is 9.59 Å². The average Bonchev–Trinajstić information content (AvgIpc) is 2.17. The molecular formula is C13H24N2O3. The number of carbonyl (C=O) groups excluding carboxylic acids is 2. The third-order valence-corrected chi connectivity index (χ3v) is 3.02. The summed E-state index contributed by atoms with van der Waals surface area (Å²) in [7, 11) is 0. The van der Waals surface area contributed by atoms with Gasteiger partial charge in [-0.05, 0) is 39.0 Å². The molecule has 0 bridgehead atoms. The minimum absolute atomic E-state index is 0.120. The number of hydrogen-bond acceptors (Lipinski definition) is 3. The van der Waals surface area contributed by atoms with Crippen molar-refractivity contribution in [2.45, 2.75) is 52.7 Å². The summed E-state index contributed by atoms with van der Waals surface area (Å²) in [6.07, 6.45) is 0.347. The van der Waals surface area contributed by atoms with E-state index >= 15 is 0 Å². The van der Waals surface area contributed by atoms with Crippen LogP contribution in [0.4, 0.5) is 4.79 Å². The first-order valence-electron chi connectivity index (χ1n) is 6.48. The highest BCUT2D eigenvalue weighted by molar-refractivity contribution is 5.86. The molecule has 5 nitrogen and oxygen atoms in total. The lowest BCUT2D eigenvalue weighted by atomic mass is 9.83. The number of carbonyl (C=O) groups is 2. The van der Waals surface area contributed by atoms with Crippen molar-refractivity contribution in [2.24, 2.45) is 11.8 Å². The molecule has 0 aromatic rings. The van der Waals surface area contributed by atoms with Crippen molar-refractivity contribution in [1.82, 2.24) is 10.6 Å². The van der Waals surface area contributed by atoms with Crippen LogP contribution in [0.5, 0.6) is 0 Å². The fraction of sp³-hybridized carbons (Fsp3) is 0.846. The van der Waals surface area contributed by atoms with Gasteiger partial charge in [-0.25, -0.2) is 4.79 Å². The second kappa shape index (κ2) is 5.59. The summed E-state index contributed by atoms with van der Waals surface area (Å²) in [5.74, 6) is 0.382. The lowest BCUT2D eigenvalue weighted by Gasteiger charge is -2.34. The Kier molecular flexibility index (Phi) is 4.59. The molecule has 0 unspecified atom stereocenters. The Balaban J connectivity index is 2.66. The third-order valence-electron chi connectivity index (χ3n) is 3.02. The van der Waals surface area contributed by atoms with Crippen molar-refractivity contribution in [3.05, 3.63) is 0 Å². The van der Waals surface area contributed by atoms with Gasteiger partial charge in [-0.1, -0.05) is 13.8 Å². The highest BCUT2D eigenvalue weighted by Crippen LogP contribution is 2.22. The van der Waals surface area contributed by atoms with Crippen LogP contribution < -0.4 is 10.6 Å². The summed E-state index contributed by atoms with van der Waals surface area (Å²) in [5.41, 5.74) is -0.553. The zero-order chi connectivity index (χ0) is 13.9. The molecule has 18 heavy (non-hydrogen) atoms. The van der Waals surface area contributed by atoms with Crippen molar-refractivity contribution in [3.8, 4) is 0 Å². The maximum Gasteiger partial charge on any atom is 0.408 e.